The average Bonchev–Trinajstić information content (AvgIpc) is 3.90. The Morgan fingerprint density at radius 1 is 0.492 bits per heavy atom. The smallest absolute Gasteiger partial charge is 0.159 e. The summed E-state index contributed by atoms with van der Waals surface area (Å²) in [6, 6.07) is 76.1. The molecule has 2 aromatic heterocycles. The van der Waals surface area contributed by atoms with Gasteiger partial charge in [0.25, 0.3) is 0 Å². The summed E-state index contributed by atoms with van der Waals surface area (Å²) in [6.07, 6.45) is 4.92. The lowest BCUT2D eigenvalue weighted by Crippen LogP contribution is -2.04. The second-order valence-corrected chi connectivity index (χ2v) is 15.8. The Bertz CT molecular complexity index is 3410. The quantitative estimate of drug-likeness (QED) is 0.115. The maximum absolute atomic E-state index is 9.60. The molecule has 0 saturated carbocycles. The standard InChI is InChI=1S/C59H41N3O/c60-59(61-52(27-13-18-40-16-5-1-6-17-40)45-32-30-44(31-33-45)41-19-7-2-8-20-41)49-26-15-29-56-57(49)48-25-14-28-55(58(48)63-56)62-53-36-34-46(42-21-9-3-10-22-42)38-50(53)51-39-47(35-37-54(51)62)43-23-11-4-12-24-43/h1-17,19-39,60H,18H2/b27-13-,60-59?,61-52?. The third-order valence-electron chi connectivity index (χ3n) is 12.0. The average molecular weight is 808 g/mol. The highest BCUT2D eigenvalue weighted by Gasteiger charge is 2.21. The molecule has 0 spiro atoms. The van der Waals surface area contributed by atoms with Gasteiger partial charge in [0.05, 0.1) is 22.4 Å². The van der Waals surface area contributed by atoms with E-state index in [0.29, 0.717) is 11.1 Å². The molecular formula is C59H41N3O. The van der Waals surface area contributed by atoms with Gasteiger partial charge < -0.3 is 8.98 Å². The van der Waals surface area contributed by atoms with Crippen LogP contribution in [-0.2, 0) is 6.42 Å². The van der Waals surface area contributed by atoms with Crippen molar-refractivity contribution in [3.63, 3.8) is 0 Å². The molecule has 11 aromatic rings. The van der Waals surface area contributed by atoms with Crippen molar-refractivity contribution in [2.45, 2.75) is 6.42 Å². The highest BCUT2D eigenvalue weighted by Crippen LogP contribution is 2.41. The summed E-state index contributed by atoms with van der Waals surface area (Å²) in [7, 11) is 0. The molecule has 0 aliphatic carbocycles. The fourth-order valence-electron chi connectivity index (χ4n) is 8.87. The number of amidine groups is 1. The van der Waals surface area contributed by atoms with Crippen molar-refractivity contribution in [1.29, 1.82) is 5.41 Å². The number of allylic oxidation sites excluding steroid dienone is 2. The first-order valence-corrected chi connectivity index (χ1v) is 21.3. The fourth-order valence-corrected chi connectivity index (χ4v) is 8.87. The van der Waals surface area contributed by atoms with E-state index >= 15 is 0 Å². The number of hydrogen-bond donors (Lipinski definition) is 1. The SMILES string of the molecule is N=C(N=C(/C=C\Cc1ccccc1)c1ccc(-c2ccccc2)cc1)c1cccc2oc3c(-n4c5ccc(-c6ccccc6)cc5c5cc(-c6ccccc6)ccc54)cccc3c12. The summed E-state index contributed by atoms with van der Waals surface area (Å²) < 4.78 is 9.19. The molecule has 4 nitrogen and oxygen atoms in total. The summed E-state index contributed by atoms with van der Waals surface area (Å²) in [5.74, 6) is 0.166. The van der Waals surface area contributed by atoms with E-state index in [1.165, 1.54) is 38.6 Å². The van der Waals surface area contributed by atoms with Crippen molar-refractivity contribution in [3.05, 3.63) is 247 Å². The molecule has 0 saturated heterocycles. The van der Waals surface area contributed by atoms with Gasteiger partial charge in [-0.25, -0.2) is 4.99 Å². The molecule has 0 bridgehead atoms. The largest absolute Gasteiger partial charge is 0.454 e. The van der Waals surface area contributed by atoms with E-state index in [1.807, 2.05) is 36.4 Å². The predicted octanol–water partition coefficient (Wildman–Crippen LogP) is 15.3. The maximum atomic E-state index is 9.60. The van der Waals surface area contributed by atoms with Gasteiger partial charge in [0.2, 0.25) is 0 Å². The second kappa shape index (κ2) is 16.3. The van der Waals surface area contributed by atoms with Gasteiger partial charge in [0.1, 0.15) is 5.58 Å². The van der Waals surface area contributed by atoms with Crippen LogP contribution in [0.3, 0.4) is 0 Å². The van der Waals surface area contributed by atoms with Crippen molar-refractivity contribution in [1.82, 2.24) is 4.57 Å². The number of para-hydroxylation sites is 1. The van der Waals surface area contributed by atoms with E-state index in [1.54, 1.807) is 0 Å². The molecule has 0 aliphatic heterocycles. The van der Waals surface area contributed by atoms with Gasteiger partial charge in [0, 0.05) is 32.7 Å². The Kier molecular flexibility index (Phi) is 9.72. The van der Waals surface area contributed by atoms with E-state index in [9.17, 15) is 5.41 Å². The number of nitrogens with one attached hydrogen (secondary N) is 1. The molecule has 4 heteroatoms. The van der Waals surface area contributed by atoms with E-state index in [-0.39, 0.29) is 5.84 Å². The van der Waals surface area contributed by atoms with E-state index in [0.717, 1.165) is 61.9 Å². The third kappa shape index (κ3) is 7.14. The van der Waals surface area contributed by atoms with E-state index in [2.05, 4.69) is 199 Å². The predicted molar refractivity (Wildman–Crippen MR) is 263 cm³/mol. The number of nitrogens with zero attached hydrogens (tertiary/aromatic N) is 2. The number of aliphatic imine (C=N–C) groups is 1. The first kappa shape index (κ1) is 37.6. The molecule has 9 aromatic carbocycles. The minimum absolute atomic E-state index is 0.166. The molecule has 0 radical (unpaired) electrons. The van der Waals surface area contributed by atoms with Crippen LogP contribution in [0, 0.1) is 5.41 Å². The van der Waals surface area contributed by atoms with Crippen molar-refractivity contribution < 1.29 is 4.42 Å². The minimum atomic E-state index is 0.166. The lowest BCUT2D eigenvalue weighted by molar-refractivity contribution is 0.666. The van der Waals surface area contributed by atoms with Crippen LogP contribution in [-0.4, -0.2) is 16.1 Å². The van der Waals surface area contributed by atoms with Crippen molar-refractivity contribution >= 4 is 55.3 Å². The van der Waals surface area contributed by atoms with E-state index < -0.39 is 0 Å². The Labute approximate surface area is 365 Å². The Morgan fingerprint density at radius 2 is 1.02 bits per heavy atom. The van der Waals surface area contributed by atoms with Crippen molar-refractivity contribution in [2.24, 2.45) is 4.99 Å². The Morgan fingerprint density at radius 3 is 1.62 bits per heavy atom. The highest BCUT2D eigenvalue weighted by atomic mass is 16.3. The van der Waals surface area contributed by atoms with Crippen LogP contribution in [0.1, 0.15) is 16.7 Å². The van der Waals surface area contributed by atoms with Gasteiger partial charge in [-0.05, 0) is 87.8 Å². The molecule has 0 atom stereocenters. The number of benzene rings is 9. The lowest BCUT2D eigenvalue weighted by atomic mass is 10.0. The molecule has 2 heterocycles. The zero-order valence-electron chi connectivity index (χ0n) is 34.4. The molecule has 0 fully saturated rings. The number of furan rings is 1. The number of fused-ring (bicyclic) bond motifs is 6. The summed E-state index contributed by atoms with van der Waals surface area (Å²) in [6.45, 7) is 0. The van der Waals surface area contributed by atoms with Crippen LogP contribution < -0.4 is 0 Å². The second-order valence-electron chi connectivity index (χ2n) is 15.8. The molecule has 1 N–H and O–H groups in total. The highest BCUT2D eigenvalue weighted by molar-refractivity contribution is 6.23. The van der Waals surface area contributed by atoms with Crippen LogP contribution in [0.5, 0.6) is 0 Å². The molecule has 0 amide bonds. The maximum Gasteiger partial charge on any atom is 0.159 e. The van der Waals surface area contributed by atoms with Gasteiger partial charge in [-0.15, -0.1) is 0 Å². The number of aromatic nitrogens is 1. The first-order valence-electron chi connectivity index (χ1n) is 21.3. The molecule has 0 aliphatic rings. The molecule has 298 valence electrons. The first-order chi connectivity index (χ1) is 31.2. The topological polar surface area (TPSA) is 54.3 Å². The Hall–Kier alpha value is -8.34. The number of hydrogen-bond acceptors (Lipinski definition) is 2. The number of rotatable bonds is 9. The van der Waals surface area contributed by atoms with Gasteiger partial charge in [-0.1, -0.05) is 188 Å². The molecule has 63 heavy (non-hydrogen) atoms. The van der Waals surface area contributed by atoms with Crippen LogP contribution >= 0.6 is 0 Å². The van der Waals surface area contributed by atoms with Gasteiger partial charge in [-0.2, -0.15) is 0 Å². The molecule has 11 rings (SSSR count). The fraction of sp³-hybridized carbons (Fsp3) is 0.0169. The summed E-state index contributed by atoms with van der Waals surface area (Å²) >= 11 is 0. The van der Waals surface area contributed by atoms with Crippen LogP contribution in [0.2, 0.25) is 0 Å². The lowest BCUT2D eigenvalue weighted by Gasteiger charge is -2.10. The van der Waals surface area contributed by atoms with Gasteiger partial charge in [0.15, 0.2) is 11.4 Å². The van der Waals surface area contributed by atoms with Crippen molar-refractivity contribution in [3.8, 4) is 39.1 Å². The van der Waals surface area contributed by atoms with Gasteiger partial charge in [-0.3, -0.25) is 5.41 Å². The summed E-state index contributed by atoms with van der Waals surface area (Å²) in [4.78, 5) is 5.07. The zero-order valence-corrected chi connectivity index (χ0v) is 34.4. The van der Waals surface area contributed by atoms with Crippen LogP contribution in [0.25, 0.3) is 82.8 Å². The summed E-state index contributed by atoms with van der Waals surface area (Å²) in [5, 5.41) is 13.7. The monoisotopic (exact) mass is 807 g/mol. The van der Waals surface area contributed by atoms with Gasteiger partial charge >= 0.3 is 0 Å². The van der Waals surface area contributed by atoms with Crippen molar-refractivity contribution in [2.75, 3.05) is 0 Å². The zero-order chi connectivity index (χ0) is 42.1. The van der Waals surface area contributed by atoms with Crippen LogP contribution in [0.15, 0.2) is 240 Å². The van der Waals surface area contributed by atoms with Crippen LogP contribution in [0.4, 0.5) is 0 Å². The minimum Gasteiger partial charge on any atom is -0.454 e. The normalized spacial score (nSPS) is 12.0. The van der Waals surface area contributed by atoms with E-state index in [4.69, 9.17) is 9.41 Å². The third-order valence-corrected chi connectivity index (χ3v) is 12.0. The Balaban J connectivity index is 1.04. The molecule has 0 unspecified atom stereocenters. The summed E-state index contributed by atoms with van der Waals surface area (Å²) in [5.41, 5.74) is 15.1. The molecular weight excluding hydrogens is 767 g/mol.